The molecule has 0 amide bonds. The molecule has 0 saturated carbocycles. The Kier molecular flexibility index (Phi) is 6.14. The SMILES string of the molecule is O=S(=O)(Nc1ccccc1CCN1CCN(c2nsc3ccccc23)CC1)c1cccs1. The first-order valence-corrected chi connectivity index (χ1v) is 13.7. The third-order valence-electron chi connectivity index (χ3n) is 5.75. The maximum absolute atomic E-state index is 12.6. The molecule has 6 nitrogen and oxygen atoms in total. The highest BCUT2D eigenvalue weighted by Gasteiger charge is 2.21. The number of para-hydroxylation sites is 1. The molecule has 1 fully saturated rings. The van der Waals surface area contributed by atoms with E-state index in [9.17, 15) is 8.42 Å². The highest BCUT2D eigenvalue weighted by molar-refractivity contribution is 7.94. The third-order valence-corrected chi connectivity index (χ3v) is 9.33. The van der Waals surface area contributed by atoms with Gasteiger partial charge in [-0.15, -0.1) is 11.3 Å². The van der Waals surface area contributed by atoms with Crippen LogP contribution in [0.25, 0.3) is 10.1 Å². The van der Waals surface area contributed by atoms with Crippen LogP contribution in [-0.2, 0) is 16.4 Å². The van der Waals surface area contributed by atoms with Crippen molar-refractivity contribution in [3.8, 4) is 0 Å². The Bertz CT molecular complexity index is 1290. The molecule has 2 aromatic heterocycles. The van der Waals surface area contributed by atoms with Crippen molar-refractivity contribution in [3.63, 3.8) is 0 Å². The molecule has 32 heavy (non-hydrogen) atoms. The zero-order valence-corrected chi connectivity index (χ0v) is 19.9. The quantitative estimate of drug-likeness (QED) is 0.418. The molecule has 0 atom stereocenters. The van der Waals surface area contributed by atoms with Gasteiger partial charge in [0.2, 0.25) is 0 Å². The second-order valence-electron chi connectivity index (χ2n) is 7.78. The van der Waals surface area contributed by atoms with E-state index in [2.05, 4.69) is 43.2 Å². The summed E-state index contributed by atoms with van der Waals surface area (Å²) in [6.45, 7) is 4.72. The van der Waals surface area contributed by atoms with E-state index in [1.54, 1.807) is 29.0 Å². The molecule has 9 heteroatoms. The number of benzene rings is 2. The van der Waals surface area contributed by atoms with Crippen LogP contribution in [-0.4, -0.2) is 50.4 Å². The average Bonchev–Trinajstić information content (AvgIpc) is 3.50. The van der Waals surface area contributed by atoms with Gasteiger partial charge in [-0.05, 0) is 53.2 Å². The Morgan fingerprint density at radius 2 is 1.72 bits per heavy atom. The van der Waals surface area contributed by atoms with E-state index < -0.39 is 10.0 Å². The highest BCUT2D eigenvalue weighted by atomic mass is 32.2. The predicted molar refractivity (Wildman–Crippen MR) is 134 cm³/mol. The monoisotopic (exact) mass is 484 g/mol. The van der Waals surface area contributed by atoms with Crippen molar-refractivity contribution in [2.45, 2.75) is 10.6 Å². The smallest absolute Gasteiger partial charge is 0.271 e. The van der Waals surface area contributed by atoms with E-state index in [1.165, 1.54) is 21.4 Å². The maximum atomic E-state index is 12.6. The Labute approximate surface area is 196 Å². The Morgan fingerprint density at radius 3 is 2.53 bits per heavy atom. The molecule has 4 aromatic rings. The molecule has 5 rings (SSSR count). The number of aromatic nitrogens is 1. The lowest BCUT2D eigenvalue weighted by atomic mass is 10.1. The normalized spacial score (nSPS) is 15.3. The lowest BCUT2D eigenvalue weighted by Crippen LogP contribution is -2.47. The van der Waals surface area contributed by atoms with Crippen molar-refractivity contribution < 1.29 is 8.42 Å². The highest BCUT2D eigenvalue weighted by Crippen LogP contribution is 2.30. The molecule has 0 radical (unpaired) electrons. The second-order valence-corrected chi connectivity index (χ2v) is 11.4. The third kappa shape index (κ3) is 4.52. The van der Waals surface area contributed by atoms with Crippen molar-refractivity contribution >= 4 is 54.5 Å². The molecule has 1 saturated heterocycles. The van der Waals surface area contributed by atoms with Crippen LogP contribution in [0.1, 0.15) is 5.56 Å². The minimum Gasteiger partial charge on any atom is -0.353 e. The van der Waals surface area contributed by atoms with Crippen molar-refractivity contribution in [3.05, 3.63) is 71.6 Å². The summed E-state index contributed by atoms with van der Waals surface area (Å²) in [7, 11) is -3.54. The van der Waals surface area contributed by atoms with Crippen LogP contribution in [0.2, 0.25) is 0 Å². The second kappa shape index (κ2) is 9.19. The zero-order valence-electron chi connectivity index (χ0n) is 17.5. The van der Waals surface area contributed by atoms with Gasteiger partial charge in [0.15, 0.2) is 0 Å². The van der Waals surface area contributed by atoms with E-state index in [-0.39, 0.29) is 0 Å². The Morgan fingerprint density at radius 1 is 0.938 bits per heavy atom. The van der Waals surface area contributed by atoms with Crippen LogP contribution in [0, 0.1) is 0 Å². The molecule has 1 aliphatic rings. The van der Waals surface area contributed by atoms with Crippen molar-refractivity contribution in [1.82, 2.24) is 9.27 Å². The fourth-order valence-electron chi connectivity index (χ4n) is 4.01. The first-order chi connectivity index (χ1) is 15.6. The van der Waals surface area contributed by atoms with E-state index in [0.29, 0.717) is 9.90 Å². The number of hydrogen-bond acceptors (Lipinski definition) is 7. The lowest BCUT2D eigenvalue weighted by Gasteiger charge is -2.35. The molecule has 3 heterocycles. The molecule has 166 valence electrons. The minimum atomic E-state index is -3.54. The fraction of sp³-hybridized carbons (Fsp3) is 0.261. The van der Waals surface area contributed by atoms with Crippen LogP contribution < -0.4 is 9.62 Å². The summed E-state index contributed by atoms with van der Waals surface area (Å²) in [5.74, 6) is 1.10. The van der Waals surface area contributed by atoms with Crippen LogP contribution in [0.15, 0.2) is 70.3 Å². The van der Waals surface area contributed by atoms with E-state index in [4.69, 9.17) is 0 Å². The van der Waals surface area contributed by atoms with Gasteiger partial charge in [-0.25, -0.2) is 8.42 Å². The summed E-state index contributed by atoms with van der Waals surface area (Å²) in [4.78, 5) is 4.81. The first kappa shape index (κ1) is 21.4. The molecular formula is C23H24N4O2S3. The van der Waals surface area contributed by atoms with Crippen molar-refractivity contribution in [1.29, 1.82) is 0 Å². The van der Waals surface area contributed by atoms with Gasteiger partial charge in [-0.2, -0.15) is 4.37 Å². The number of hydrogen-bond donors (Lipinski definition) is 1. The molecule has 1 aliphatic heterocycles. The van der Waals surface area contributed by atoms with Gasteiger partial charge in [0.1, 0.15) is 10.0 Å². The van der Waals surface area contributed by atoms with Crippen LogP contribution in [0.3, 0.4) is 0 Å². The van der Waals surface area contributed by atoms with Gasteiger partial charge < -0.3 is 4.90 Å². The van der Waals surface area contributed by atoms with Crippen molar-refractivity contribution in [2.75, 3.05) is 42.3 Å². The number of nitrogens with zero attached hydrogens (tertiary/aromatic N) is 3. The molecule has 0 aliphatic carbocycles. The van der Waals surface area contributed by atoms with Crippen molar-refractivity contribution in [2.24, 2.45) is 0 Å². The number of nitrogens with one attached hydrogen (secondary N) is 1. The van der Waals surface area contributed by atoms with Crippen LogP contribution >= 0.6 is 22.9 Å². The topological polar surface area (TPSA) is 65.5 Å². The average molecular weight is 485 g/mol. The molecule has 1 N–H and O–H groups in total. The molecular weight excluding hydrogens is 460 g/mol. The van der Waals surface area contributed by atoms with Gasteiger partial charge in [0, 0.05) is 38.1 Å². The minimum absolute atomic E-state index is 0.331. The number of rotatable bonds is 7. The Hall–Kier alpha value is -2.46. The first-order valence-electron chi connectivity index (χ1n) is 10.6. The Balaban J connectivity index is 1.20. The number of anilines is 2. The van der Waals surface area contributed by atoms with Gasteiger partial charge in [-0.1, -0.05) is 36.4 Å². The summed E-state index contributed by atoms with van der Waals surface area (Å²) in [5.41, 5.74) is 1.68. The van der Waals surface area contributed by atoms with E-state index in [1.807, 2.05) is 24.3 Å². The van der Waals surface area contributed by atoms with Gasteiger partial charge in [0.25, 0.3) is 10.0 Å². The zero-order chi connectivity index (χ0) is 22.0. The summed E-state index contributed by atoms with van der Waals surface area (Å²) in [6, 6.07) is 19.4. The molecule has 0 bridgehead atoms. The number of piperazine rings is 1. The van der Waals surface area contributed by atoms with E-state index >= 15 is 0 Å². The number of fused-ring (bicyclic) bond motifs is 1. The van der Waals surface area contributed by atoms with Crippen LogP contribution in [0.5, 0.6) is 0 Å². The van der Waals surface area contributed by atoms with Gasteiger partial charge in [-0.3, -0.25) is 9.62 Å². The van der Waals surface area contributed by atoms with Crippen LogP contribution in [0.4, 0.5) is 11.5 Å². The maximum Gasteiger partial charge on any atom is 0.271 e. The van der Waals surface area contributed by atoms with E-state index in [0.717, 1.165) is 50.5 Å². The van der Waals surface area contributed by atoms with Gasteiger partial charge in [0.05, 0.1) is 10.4 Å². The fourth-order valence-corrected chi connectivity index (χ4v) is 6.90. The summed E-state index contributed by atoms with van der Waals surface area (Å²) in [5, 5.41) is 3.01. The lowest BCUT2D eigenvalue weighted by molar-refractivity contribution is 0.261. The summed E-state index contributed by atoms with van der Waals surface area (Å²) in [6.07, 6.45) is 0.794. The largest absolute Gasteiger partial charge is 0.353 e. The van der Waals surface area contributed by atoms with Gasteiger partial charge >= 0.3 is 0 Å². The standard InChI is InChI=1S/C23H24N4O2S3/c28-32(29,22-10-5-17-30-22)25-20-8-3-1-6-18(20)11-12-26-13-15-27(16-14-26)23-19-7-2-4-9-21(19)31-24-23/h1-10,17,25H,11-16H2. The summed E-state index contributed by atoms with van der Waals surface area (Å²) < 4.78 is 34.3. The molecule has 2 aromatic carbocycles. The number of thiophene rings is 1. The number of sulfonamides is 1. The molecule has 0 spiro atoms. The predicted octanol–water partition coefficient (Wildman–Crippen LogP) is 4.52. The summed E-state index contributed by atoms with van der Waals surface area (Å²) >= 11 is 2.78. The molecule has 0 unspecified atom stereocenters.